The molecule has 1 amide bonds. The monoisotopic (exact) mass is 350 g/mol. The molecule has 1 heterocycles. The van der Waals surface area contributed by atoms with Crippen LogP contribution in [-0.2, 0) is 6.54 Å². The Kier molecular flexibility index (Phi) is 4.37. The Hall–Kier alpha value is -1.82. The van der Waals surface area contributed by atoms with Gasteiger partial charge in [0.1, 0.15) is 5.69 Å². The lowest BCUT2D eigenvalue weighted by atomic mass is 10.1. The maximum absolute atomic E-state index is 12.5. The van der Waals surface area contributed by atoms with Crippen LogP contribution in [-0.4, -0.2) is 15.7 Å². The van der Waals surface area contributed by atoms with Gasteiger partial charge in [0, 0.05) is 16.7 Å². The molecule has 2 rings (SSSR count). The molecule has 0 aliphatic rings. The van der Waals surface area contributed by atoms with Gasteiger partial charge in [0.15, 0.2) is 0 Å². The number of hydrogen-bond donors (Lipinski definition) is 2. The van der Waals surface area contributed by atoms with Crippen LogP contribution in [0.4, 0.5) is 11.4 Å². The van der Waals surface area contributed by atoms with Gasteiger partial charge in [0.05, 0.1) is 11.4 Å². The third kappa shape index (κ3) is 2.95. The molecule has 6 heteroatoms. The summed E-state index contributed by atoms with van der Waals surface area (Å²) < 4.78 is 2.67. The Morgan fingerprint density at radius 2 is 1.90 bits per heavy atom. The predicted molar refractivity (Wildman–Crippen MR) is 88.6 cm³/mol. The van der Waals surface area contributed by atoms with Gasteiger partial charge in [0.25, 0.3) is 5.91 Å². The molecule has 0 spiro atoms. The summed E-state index contributed by atoms with van der Waals surface area (Å²) in [6.45, 7) is 8.30. The summed E-state index contributed by atoms with van der Waals surface area (Å²) in [7, 11) is 0. The molecule has 0 aliphatic heterocycles. The van der Waals surface area contributed by atoms with Crippen LogP contribution in [0.3, 0.4) is 0 Å². The van der Waals surface area contributed by atoms with E-state index in [1.54, 1.807) is 11.6 Å². The van der Waals surface area contributed by atoms with Crippen LogP contribution in [0.15, 0.2) is 16.6 Å². The third-order valence-electron chi connectivity index (χ3n) is 3.38. The Balaban J connectivity index is 2.35. The minimum atomic E-state index is -0.240. The van der Waals surface area contributed by atoms with E-state index in [0.29, 0.717) is 23.6 Å². The normalized spacial score (nSPS) is 10.7. The number of carbonyl (C=O) groups is 1. The highest BCUT2D eigenvalue weighted by Gasteiger charge is 2.19. The number of nitrogens with two attached hydrogens (primary N) is 1. The summed E-state index contributed by atoms with van der Waals surface area (Å²) in [6, 6.07) is 3.84. The number of carbonyl (C=O) groups excluding carboxylic acids is 1. The zero-order chi connectivity index (χ0) is 15.7. The fourth-order valence-electron chi connectivity index (χ4n) is 2.27. The van der Waals surface area contributed by atoms with Crippen molar-refractivity contribution in [2.45, 2.75) is 34.2 Å². The lowest BCUT2D eigenvalue weighted by Crippen LogP contribution is -2.19. The van der Waals surface area contributed by atoms with Gasteiger partial charge in [-0.3, -0.25) is 9.48 Å². The maximum atomic E-state index is 12.5. The number of hydrogen-bond acceptors (Lipinski definition) is 3. The van der Waals surface area contributed by atoms with Crippen LogP contribution in [0.25, 0.3) is 0 Å². The Morgan fingerprint density at radius 1 is 1.33 bits per heavy atom. The van der Waals surface area contributed by atoms with Crippen molar-refractivity contribution in [1.29, 1.82) is 0 Å². The van der Waals surface area contributed by atoms with E-state index in [1.807, 2.05) is 32.9 Å². The van der Waals surface area contributed by atoms with Crippen molar-refractivity contribution in [3.05, 3.63) is 39.1 Å². The van der Waals surface area contributed by atoms with E-state index in [1.165, 1.54) is 0 Å². The van der Waals surface area contributed by atoms with Gasteiger partial charge in [-0.1, -0.05) is 15.9 Å². The maximum Gasteiger partial charge on any atom is 0.276 e. The average molecular weight is 351 g/mol. The number of nitrogens with one attached hydrogen (secondary N) is 1. The van der Waals surface area contributed by atoms with E-state index in [2.05, 4.69) is 26.3 Å². The largest absolute Gasteiger partial charge is 0.395 e. The van der Waals surface area contributed by atoms with Gasteiger partial charge in [-0.05, 0) is 51.0 Å². The van der Waals surface area contributed by atoms with E-state index >= 15 is 0 Å². The second-order valence-electron chi connectivity index (χ2n) is 5.04. The van der Waals surface area contributed by atoms with Crippen molar-refractivity contribution in [2.24, 2.45) is 0 Å². The lowest BCUT2D eigenvalue weighted by molar-refractivity contribution is 0.101. The molecule has 0 fully saturated rings. The van der Waals surface area contributed by atoms with E-state index in [9.17, 15) is 4.79 Å². The Morgan fingerprint density at radius 3 is 2.43 bits per heavy atom. The Labute approximate surface area is 132 Å². The molecule has 0 bridgehead atoms. The number of benzene rings is 1. The summed E-state index contributed by atoms with van der Waals surface area (Å²) in [4.78, 5) is 12.5. The van der Waals surface area contributed by atoms with Gasteiger partial charge < -0.3 is 11.1 Å². The van der Waals surface area contributed by atoms with Crippen LogP contribution < -0.4 is 11.1 Å². The van der Waals surface area contributed by atoms with E-state index < -0.39 is 0 Å². The molecule has 112 valence electrons. The average Bonchev–Trinajstić information content (AvgIpc) is 2.71. The van der Waals surface area contributed by atoms with E-state index in [4.69, 9.17) is 5.73 Å². The van der Waals surface area contributed by atoms with Crippen molar-refractivity contribution in [3.8, 4) is 0 Å². The first-order valence-electron chi connectivity index (χ1n) is 6.76. The van der Waals surface area contributed by atoms with Crippen molar-refractivity contribution in [1.82, 2.24) is 9.78 Å². The molecule has 0 saturated heterocycles. The van der Waals surface area contributed by atoms with Crippen molar-refractivity contribution in [2.75, 3.05) is 11.1 Å². The number of aromatic nitrogens is 2. The molecule has 0 radical (unpaired) electrons. The van der Waals surface area contributed by atoms with Crippen LogP contribution in [0.5, 0.6) is 0 Å². The molecule has 0 saturated carbocycles. The molecule has 2 aromatic rings. The zero-order valence-corrected chi connectivity index (χ0v) is 14.2. The van der Waals surface area contributed by atoms with Crippen LogP contribution in [0, 0.1) is 20.8 Å². The number of anilines is 2. The van der Waals surface area contributed by atoms with Crippen LogP contribution >= 0.6 is 15.9 Å². The number of halogens is 1. The number of nitrogen functional groups attached to an aromatic ring is 1. The standard InChI is InChI=1S/C15H19BrN4O/c1-5-20-14(13(17)10(4)19-20)15(21)18-11-6-8(2)12(16)9(3)7-11/h6-7H,5,17H2,1-4H3,(H,18,21). The van der Waals surface area contributed by atoms with Crippen LogP contribution in [0.1, 0.15) is 34.2 Å². The smallest absolute Gasteiger partial charge is 0.276 e. The van der Waals surface area contributed by atoms with Gasteiger partial charge >= 0.3 is 0 Å². The van der Waals surface area contributed by atoms with Gasteiger partial charge in [0.2, 0.25) is 0 Å². The third-order valence-corrected chi connectivity index (χ3v) is 4.63. The molecule has 0 aliphatic carbocycles. The molecule has 1 aromatic carbocycles. The summed E-state index contributed by atoms with van der Waals surface area (Å²) in [5.41, 5.74) is 10.4. The van der Waals surface area contributed by atoms with Crippen molar-refractivity contribution >= 4 is 33.2 Å². The quantitative estimate of drug-likeness (QED) is 0.890. The first-order valence-corrected chi connectivity index (χ1v) is 7.55. The summed E-state index contributed by atoms with van der Waals surface area (Å²) >= 11 is 3.52. The number of nitrogens with zero attached hydrogens (tertiary/aromatic N) is 2. The van der Waals surface area contributed by atoms with Gasteiger partial charge in [-0.15, -0.1) is 0 Å². The number of amides is 1. The molecule has 0 atom stereocenters. The molecule has 0 unspecified atom stereocenters. The second kappa shape index (κ2) is 5.89. The van der Waals surface area contributed by atoms with E-state index in [-0.39, 0.29) is 5.91 Å². The lowest BCUT2D eigenvalue weighted by Gasteiger charge is -2.11. The fraction of sp³-hybridized carbons (Fsp3) is 0.333. The molecule has 1 aromatic heterocycles. The molecule has 5 nitrogen and oxygen atoms in total. The minimum absolute atomic E-state index is 0.240. The van der Waals surface area contributed by atoms with E-state index in [0.717, 1.165) is 21.3 Å². The first-order chi connectivity index (χ1) is 9.85. The van der Waals surface area contributed by atoms with Gasteiger partial charge in [-0.25, -0.2) is 0 Å². The second-order valence-corrected chi connectivity index (χ2v) is 5.83. The summed E-state index contributed by atoms with van der Waals surface area (Å²) in [5, 5.41) is 7.16. The Bertz CT molecular complexity index is 683. The molecule has 3 N–H and O–H groups in total. The zero-order valence-electron chi connectivity index (χ0n) is 12.6. The highest BCUT2D eigenvalue weighted by Crippen LogP contribution is 2.26. The summed E-state index contributed by atoms with van der Waals surface area (Å²) in [5.74, 6) is -0.240. The first kappa shape index (κ1) is 15.6. The molecular formula is C15H19BrN4O. The predicted octanol–water partition coefficient (Wildman–Crippen LogP) is 3.43. The van der Waals surface area contributed by atoms with Crippen molar-refractivity contribution < 1.29 is 4.79 Å². The van der Waals surface area contributed by atoms with Crippen molar-refractivity contribution in [3.63, 3.8) is 0 Å². The fourth-order valence-corrected chi connectivity index (χ4v) is 2.50. The highest BCUT2D eigenvalue weighted by molar-refractivity contribution is 9.10. The highest BCUT2D eigenvalue weighted by atomic mass is 79.9. The number of rotatable bonds is 3. The topological polar surface area (TPSA) is 72.9 Å². The summed E-state index contributed by atoms with van der Waals surface area (Å²) in [6.07, 6.45) is 0. The minimum Gasteiger partial charge on any atom is -0.395 e. The van der Waals surface area contributed by atoms with Crippen LogP contribution in [0.2, 0.25) is 0 Å². The molecule has 21 heavy (non-hydrogen) atoms. The SMILES string of the molecule is CCn1nc(C)c(N)c1C(=O)Nc1cc(C)c(Br)c(C)c1. The number of aryl methyl sites for hydroxylation is 4. The molecular weight excluding hydrogens is 332 g/mol. The van der Waals surface area contributed by atoms with Gasteiger partial charge in [-0.2, -0.15) is 5.10 Å².